The summed E-state index contributed by atoms with van der Waals surface area (Å²) in [4.78, 5) is 0. The Balaban J connectivity index is 2.12. The summed E-state index contributed by atoms with van der Waals surface area (Å²) in [6, 6.07) is 0.470. The minimum absolute atomic E-state index is 0.470. The predicted octanol–water partition coefficient (Wildman–Crippen LogP) is 3.33. The molecule has 0 aliphatic heterocycles. The summed E-state index contributed by atoms with van der Waals surface area (Å²) in [6.07, 6.45) is 9.56. The second-order valence-corrected chi connectivity index (χ2v) is 4.90. The van der Waals surface area contributed by atoms with E-state index in [2.05, 4.69) is 13.8 Å². The van der Waals surface area contributed by atoms with Crippen molar-refractivity contribution in [3.05, 3.63) is 0 Å². The molecule has 1 aliphatic carbocycles. The lowest BCUT2D eigenvalue weighted by molar-refractivity contribution is 0.376. The minimum Gasteiger partial charge on any atom is -0.328 e. The fourth-order valence-corrected chi connectivity index (χ4v) is 2.45. The number of hydrogen-bond acceptors (Lipinski definition) is 1. The zero-order valence-corrected chi connectivity index (χ0v) is 9.26. The molecule has 0 saturated heterocycles. The molecule has 1 nitrogen and oxygen atoms in total. The topological polar surface area (TPSA) is 26.0 Å². The quantitative estimate of drug-likeness (QED) is 0.695. The molecule has 2 atom stereocenters. The molecular formula is C12H25N. The largest absolute Gasteiger partial charge is 0.328 e. The van der Waals surface area contributed by atoms with Crippen LogP contribution in [0, 0.1) is 11.8 Å². The van der Waals surface area contributed by atoms with Crippen molar-refractivity contribution >= 4 is 0 Å². The average molecular weight is 183 g/mol. The van der Waals surface area contributed by atoms with Gasteiger partial charge in [-0.2, -0.15) is 0 Å². The van der Waals surface area contributed by atoms with Crippen molar-refractivity contribution in [2.75, 3.05) is 0 Å². The van der Waals surface area contributed by atoms with Crippen LogP contribution in [-0.4, -0.2) is 6.04 Å². The van der Waals surface area contributed by atoms with E-state index in [1.165, 1.54) is 44.9 Å². The second kappa shape index (κ2) is 5.64. The van der Waals surface area contributed by atoms with Crippen LogP contribution in [0.4, 0.5) is 0 Å². The van der Waals surface area contributed by atoms with Crippen molar-refractivity contribution in [2.45, 2.75) is 64.8 Å². The Kier molecular flexibility index (Phi) is 4.79. The van der Waals surface area contributed by atoms with Gasteiger partial charge in [0.25, 0.3) is 0 Å². The van der Waals surface area contributed by atoms with Gasteiger partial charge in [-0.15, -0.1) is 0 Å². The molecule has 78 valence electrons. The molecule has 2 N–H and O–H groups in total. The van der Waals surface area contributed by atoms with Crippen LogP contribution in [0.2, 0.25) is 0 Å². The van der Waals surface area contributed by atoms with E-state index in [1.807, 2.05) is 0 Å². The summed E-state index contributed by atoms with van der Waals surface area (Å²) in [5, 5.41) is 0. The fraction of sp³-hybridized carbons (Fsp3) is 1.00. The fourth-order valence-electron chi connectivity index (χ4n) is 2.45. The van der Waals surface area contributed by atoms with Gasteiger partial charge in [-0.1, -0.05) is 46.0 Å². The van der Waals surface area contributed by atoms with Gasteiger partial charge in [-0.05, 0) is 24.7 Å². The third-order valence-electron chi connectivity index (χ3n) is 3.51. The number of hydrogen-bond donors (Lipinski definition) is 1. The molecule has 0 spiro atoms. The molecule has 1 rings (SSSR count). The zero-order valence-electron chi connectivity index (χ0n) is 9.26. The van der Waals surface area contributed by atoms with Gasteiger partial charge in [-0.25, -0.2) is 0 Å². The third-order valence-corrected chi connectivity index (χ3v) is 3.51. The van der Waals surface area contributed by atoms with Gasteiger partial charge >= 0.3 is 0 Å². The van der Waals surface area contributed by atoms with Gasteiger partial charge in [-0.3, -0.25) is 0 Å². The maximum Gasteiger partial charge on any atom is 0.00440 e. The smallest absolute Gasteiger partial charge is 0.00440 e. The molecule has 2 unspecified atom stereocenters. The van der Waals surface area contributed by atoms with Gasteiger partial charge in [0.15, 0.2) is 0 Å². The number of rotatable bonds is 5. The second-order valence-electron chi connectivity index (χ2n) is 4.90. The van der Waals surface area contributed by atoms with E-state index in [4.69, 9.17) is 5.73 Å². The maximum absolute atomic E-state index is 6.13. The van der Waals surface area contributed by atoms with Crippen LogP contribution in [0.15, 0.2) is 0 Å². The van der Waals surface area contributed by atoms with Crippen molar-refractivity contribution in [3.8, 4) is 0 Å². The maximum atomic E-state index is 6.13. The lowest BCUT2D eigenvalue weighted by Crippen LogP contribution is -2.25. The van der Waals surface area contributed by atoms with Crippen molar-refractivity contribution < 1.29 is 0 Å². The van der Waals surface area contributed by atoms with Crippen LogP contribution in [0.5, 0.6) is 0 Å². The summed E-state index contributed by atoms with van der Waals surface area (Å²) in [5.74, 6) is 1.77. The average Bonchev–Trinajstić information content (AvgIpc) is 2.56. The molecular weight excluding hydrogens is 158 g/mol. The van der Waals surface area contributed by atoms with Gasteiger partial charge in [0, 0.05) is 6.04 Å². The van der Waals surface area contributed by atoms with Gasteiger partial charge in [0.05, 0.1) is 0 Å². The van der Waals surface area contributed by atoms with Crippen LogP contribution in [-0.2, 0) is 0 Å². The van der Waals surface area contributed by atoms with E-state index in [1.54, 1.807) is 0 Å². The Morgan fingerprint density at radius 3 is 2.46 bits per heavy atom. The highest BCUT2D eigenvalue weighted by atomic mass is 14.6. The Labute approximate surface area is 83.1 Å². The Hall–Kier alpha value is -0.0400. The Bertz CT molecular complexity index is 127. The summed E-state index contributed by atoms with van der Waals surface area (Å²) in [7, 11) is 0. The van der Waals surface area contributed by atoms with E-state index < -0.39 is 0 Å². The summed E-state index contributed by atoms with van der Waals surface area (Å²) < 4.78 is 0. The highest BCUT2D eigenvalue weighted by Crippen LogP contribution is 2.29. The molecule has 0 amide bonds. The molecule has 1 aliphatic rings. The molecule has 0 aromatic heterocycles. The van der Waals surface area contributed by atoms with Crippen molar-refractivity contribution in [3.63, 3.8) is 0 Å². The molecule has 1 fully saturated rings. The van der Waals surface area contributed by atoms with Crippen LogP contribution in [0.1, 0.15) is 58.8 Å². The molecule has 13 heavy (non-hydrogen) atoms. The molecule has 0 bridgehead atoms. The van der Waals surface area contributed by atoms with Crippen molar-refractivity contribution in [1.29, 1.82) is 0 Å². The Morgan fingerprint density at radius 1 is 1.31 bits per heavy atom. The first-order chi connectivity index (χ1) is 6.22. The SMILES string of the molecule is CCC(C)CC(N)CC1CCCC1. The van der Waals surface area contributed by atoms with Crippen molar-refractivity contribution in [2.24, 2.45) is 17.6 Å². The summed E-state index contributed by atoms with van der Waals surface area (Å²) >= 11 is 0. The molecule has 0 radical (unpaired) electrons. The highest BCUT2D eigenvalue weighted by molar-refractivity contribution is 4.74. The molecule has 0 aromatic rings. The van der Waals surface area contributed by atoms with Gasteiger partial charge in [0.2, 0.25) is 0 Å². The van der Waals surface area contributed by atoms with E-state index >= 15 is 0 Å². The molecule has 0 heterocycles. The van der Waals surface area contributed by atoms with E-state index in [0.717, 1.165) is 11.8 Å². The lowest BCUT2D eigenvalue weighted by Gasteiger charge is -2.19. The molecule has 1 saturated carbocycles. The molecule has 1 heteroatoms. The summed E-state index contributed by atoms with van der Waals surface area (Å²) in [6.45, 7) is 4.57. The predicted molar refractivity (Wildman–Crippen MR) is 58.6 cm³/mol. The van der Waals surface area contributed by atoms with E-state index in [-0.39, 0.29) is 0 Å². The minimum atomic E-state index is 0.470. The number of nitrogens with two attached hydrogens (primary N) is 1. The highest BCUT2D eigenvalue weighted by Gasteiger charge is 2.18. The Morgan fingerprint density at radius 2 is 1.92 bits per heavy atom. The van der Waals surface area contributed by atoms with Crippen LogP contribution in [0.25, 0.3) is 0 Å². The molecule has 0 aromatic carbocycles. The van der Waals surface area contributed by atoms with Crippen LogP contribution < -0.4 is 5.73 Å². The van der Waals surface area contributed by atoms with Gasteiger partial charge < -0.3 is 5.73 Å². The normalized spacial score (nSPS) is 23.3. The van der Waals surface area contributed by atoms with E-state index in [0.29, 0.717) is 6.04 Å². The van der Waals surface area contributed by atoms with Crippen molar-refractivity contribution in [1.82, 2.24) is 0 Å². The lowest BCUT2D eigenvalue weighted by atomic mass is 9.92. The van der Waals surface area contributed by atoms with E-state index in [9.17, 15) is 0 Å². The summed E-state index contributed by atoms with van der Waals surface area (Å²) in [5.41, 5.74) is 6.13. The first kappa shape index (κ1) is 11.0. The van der Waals surface area contributed by atoms with Crippen LogP contribution in [0.3, 0.4) is 0 Å². The monoisotopic (exact) mass is 183 g/mol. The first-order valence-corrected chi connectivity index (χ1v) is 5.98. The van der Waals surface area contributed by atoms with Crippen LogP contribution >= 0.6 is 0 Å². The zero-order chi connectivity index (χ0) is 9.68. The third kappa shape index (κ3) is 4.12. The van der Waals surface area contributed by atoms with Gasteiger partial charge in [0.1, 0.15) is 0 Å². The first-order valence-electron chi connectivity index (χ1n) is 5.98. The standard InChI is InChI=1S/C12H25N/c1-3-10(2)8-12(13)9-11-6-4-5-7-11/h10-12H,3-9,13H2,1-2H3.